The Morgan fingerprint density at radius 2 is 1.69 bits per heavy atom. The highest BCUT2D eigenvalue weighted by Gasteiger charge is 2.47. The fourth-order valence-electron chi connectivity index (χ4n) is 3.79. The van der Waals surface area contributed by atoms with Crippen LogP contribution in [0.15, 0.2) is 66.7 Å². The van der Waals surface area contributed by atoms with Crippen molar-refractivity contribution in [3.63, 3.8) is 0 Å². The molecule has 2 aromatic carbocycles. The molecule has 0 aliphatic carbocycles. The van der Waals surface area contributed by atoms with E-state index in [0.29, 0.717) is 30.0 Å². The van der Waals surface area contributed by atoms with Gasteiger partial charge in [0, 0.05) is 18.9 Å². The van der Waals surface area contributed by atoms with Crippen molar-refractivity contribution in [1.82, 2.24) is 9.97 Å². The highest BCUT2D eigenvalue weighted by atomic mass is 16.6. The number of ether oxygens (including phenoxy) is 3. The lowest BCUT2D eigenvalue weighted by molar-refractivity contribution is -0.168. The molecule has 32 heavy (non-hydrogen) atoms. The fraction of sp³-hybridized carbons (Fsp3) is 0.320. The number of aromatic nitrogens is 2. The number of benzene rings is 2. The Bertz CT molecular complexity index is 1010. The van der Waals surface area contributed by atoms with E-state index >= 15 is 0 Å². The molecule has 3 rings (SSSR count). The molecule has 0 radical (unpaired) electrons. The quantitative estimate of drug-likeness (QED) is 0.482. The summed E-state index contributed by atoms with van der Waals surface area (Å²) in [4.78, 5) is 20.9. The van der Waals surface area contributed by atoms with Gasteiger partial charge in [-0.15, -0.1) is 0 Å². The predicted octanol–water partition coefficient (Wildman–Crippen LogP) is 4.19. The van der Waals surface area contributed by atoms with E-state index < -0.39 is 17.7 Å². The monoisotopic (exact) mass is 436 g/mol. The second-order valence-electron chi connectivity index (χ2n) is 7.47. The number of carbonyl (C=O) groups is 1. The van der Waals surface area contributed by atoms with Gasteiger partial charge < -0.3 is 19.3 Å². The van der Waals surface area contributed by atoms with Gasteiger partial charge in [0.05, 0.1) is 7.11 Å². The number of rotatable bonds is 11. The van der Waals surface area contributed by atoms with Crippen LogP contribution in [0.4, 0.5) is 0 Å². The van der Waals surface area contributed by atoms with Crippen molar-refractivity contribution < 1.29 is 24.1 Å². The minimum Gasteiger partial charge on any atom is -0.481 e. The van der Waals surface area contributed by atoms with E-state index in [9.17, 15) is 9.90 Å². The van der Waals surface area contributed by atoms with Crippen LogP contribution in [0.25, 0.3) is 0 Å². The molecule has 0 spiro atoms. The topological polar surface area (TPSA) is 90.8 Å². The Labute approximate surface area is 188 Å². The number of carboxylic acids is 1. The van der Waals surface area contributed by atoms with Crippen LogP contribution >= 0.6 is 0 Å². The van der Waals surface area contributed by atoms with E-state index in [-0.39, 0.29) is 6.01 Å². The van der Waals surface area contributed by atoms with Crippen molar-refractivity contribution in [2.75, 3.05) is 14.2 Å². The molecule has 0 bridgehead atoms. The number of aliphatic carboxylic acids is 1. The molecule has 1 heterocycles. The normalized spacial score (nSPS) is 13.7. The van der Waals surface area contributed by atoms with Crippen LogP contribution < -0.4 is 9.47 Å². The van der Waals surface area contributed by atoms with Gasteiger partial charge in [-0.3, -0.25) is 0 Å². The molecule has 0 amide bonds. The second kappa shape index (κ2) is 10.7. The van der Waals surface area contributed by atoms with Crippen molar-refractivity contribution in [1.29, 1.82) is 0 Å². The smallest absolute Gasteiger partial charge is 0.348 e. The molecule has 0 aliphatic rings. The third-order valence-electron chi connectivity index (χ3n) is 5.37. The van der Waals surface area contributed by atoms with E-state index in [2.05, 4.69) is 22.1 Å². The van der Waals surface area contributed by atoms with Crippen molar-refractivity contribution in [2.24, 2.45) is 0 Å². The minimum atomic E-state index is -1.38. The van der Waals surface area contributed by atoms with E-state index in [4.69, 9.17) is 14.2 Å². The molecule has 1 aromatic heterocycles. The van der Waals surface area contributed by atoms with Crippen LogP contribution in [-0.2, 0) is 21.6 Å². The SMILES string of the molecule is COc1cc(C)nc(OC(C(=O)O)C(CCCc2ccccc2)(OC)c2ccccc2)n1. The third-order valence-corrected chi connectivity index (χ3v) is 5.37. The van der Waals surface area contributed by atoms with Gasteiger partial charge in [0.15, 0.2) is 0 Å². The first-order valence-electron chi connectivity index (χ1n) is 10.4. The Kier molecular flexibility index (Phi) is 7.78. The van der Waals surface area contributed by atoms with Gasteiger partial charge in [-0.05, 0) is 37.3 Å². The van der Waals surface area contributed by atoms with Crippen molar-refractivity contribution in [2.45, 2.75) is 37.9 Å². The number of hydrogen-bond donors (Lipinski definition) is 1. The highest BCUT2D eigenvalue weighted by molar-refractivity contribution is 5.75. The lowest BCUT2D eigenvalue weighted by Crippen LogP contribution is -2.50. The molecular weight excluding hydrogens is 408 g/mol. The molecule has 1 N–H and O–H groups in total. The van der Waals surface area contributed by atoms with Crippen LogP contribution in [-0.4, -0.2) is 41.4 Å². The summed E-state index contributed by atoms with van der Waals surface area (Å²) in [6.07, 6.45) is 0.511. The number of nitrogens with zero attached hydrogens (tertiary/aromatic N) is 2. The van der Waals surface area contributed by atoms with Gasteiger partial charge in [0.1, 0.15) is 5.60 Å². The minimum absolute atomic E-state index is 0.0744. The number of hydrogen-bond acceptors (Lipinski definition) is 6. The van der Waals surface area contributed by atoms with E-state index in [1.54, 1.807) is 13.0 Å². The Balaban J connectivity index is 1.96. The third kappa shape index (κ3) is 5.42. The summed E-state index contributed by atoms with van der Waals surface area (Å²) in [5, 5.41) is 10.2. The van der Waals surface area contributed by atoms with Gasteiger partial charge in [0.2, 0.25) is 12.0 Å². The summed E-state index contributed by atoms with van der Waals surface area (Å²) in [7, 11) is 2.99. The largest absolute Gasteiger partial charge is 0.481 e. The van der Waals surface area contributed by atoms with Gasteiger partial charge in [-0.2, -0.15) is 4.98 Å². The van der Waals surface area contributed by atoms with Crippen LogP contribution in [0.2, 0.25) is 0 Å². The molecule has 0 aliphatic heterocycles. The highest BCUT2D eigenvalue weighted by Crippen LogP contribution is 2.37. The molecule has 0 fully saturated rings. The lowest BCUT2D eigenvalue weighted by Gasteiger charge is -2.37. The first-order chi connectivity index (χ1) is 15.5. The number of methoxy groups -OCH3 is 2. The number of aryl methyl sites for hydroxylation is 2. The van der Waals surface area contributed by atoms with E-state index in [0.717, 1.165) is 6.42 Å². The maximum absolute atomic E-state index is 12.5. The predicted molar refractivity (Wildman–Crippen MR) is 120 cm³/mol. The standard InChI is InChI=1S/C25H28N2O5/c1-18-17-21(30-2)27-24(26-18)32-22(23(28)29)25(31-3,20-14-8-5-9-15-20)16-10-13-19-11-6-4-7-12-19/h4-9,11-12,14-15,17,22H,10,13,16H2,1-3H3,(H,28,29). The van der Waals surface area contributed by atoms with Crippen molar-refractivity contribution in [3.8, 4) is 11.9 Å². The zero-order chi connectivity index (χ0) is 23.0. The summed E-state index contributed by atoms with van der Waals surface area (Å²) >= 11 is 0. The molecule has 168 valence electrons. The van der Waals surface area contributed by atoms with Crippen LogP contribution in [0.1, 0.15) is 29.7 Å². The van der Waals surface area contributed by atoms with Crippen LogP contribution in [0, 0.1) is 6.92 Å². The molecule has 0 saturated carbocycles. The zero-order valence-electron chi connectivity index (χ0n) is 18.5. The summed E-state index contributed by atoms with van der Waals surface area (Å²) in [5.41, 5.74) is 1.23. The maximum atomic E-state index is 12.5. The molecule has 2 atom stereocenters. The summed E-state index contributed by atoms with van der Waals surface area (Å²) < 4.78 is 17.0. The first kappa shape index (κ1) is 23.2. The number of carboxylic acid groups (broad SMARTS) is 1. The maximum Gasteiger partial charge on any atom is 0.348 e. The fourth-order valence-corrected chi connectivity index (χ4v) is 3.79. The first-order valence-corrected chi connectivity index (χ1v) is 10.4. The van der Waals surface area contributed by atoms with E-state index in [1.807, 2.05) is 48.5 Å². The molecule has 2 unspecified atom stereocenters. The van der Waals surface area contributed by atoms with Gasteiger partial charge >= 0.3 is 12.0 Å². The average Bonchev–Trinajstić information content (AvgIpc) is 2.81. The van der Waals surface area contributed by atoms with Crippen LogP contribution in [0.3, 0.4) is 0 Å². The molecular formula is C25H28N2O5. The lowest BCUT2D eigenvalue weighted by atomic mass is 9.82. The Morgan fingerprint density at radius 1 is 1.03 bits per heavy atom. The van der Waals surface area contributed by atoms with Gasteiger partial charge in [-0.1, -0.05) is 60.7 Å². The van der Waals surface area contributed by atoms with E-state index in [1.165, 1.54) is 19.8 Å². The Morgan fingerprint density at radius 3 is 2.28 bits per heavy atom. The zero-order valence-corrected chi connectivity index (χ0v) is 18.5. The second-order valence-corrected chi connectivity index (χ2v) is 7.47. The van der Waals surface area contributed by atoms with Crippen LogP contribution in [0.5, 0.6) is 11.9 Å². The van der Waals surface area contributed by atoms with Gasteiger partial charge in [0.25, 0.3) is 0 Å². The molecule has 0 saturated heterocycles. The average molecular weight is 437 g/mol. The summed E-state index contributed by atoms with van der Waals surface area (Å²) in [5.74, 6) is -0.872. The molecule has 3 aromatic rings. The van der Waals surface area contributed by atoms with Crippen molar-refractivity contribution >= 4 is 5.97 Å². The molecule has 7 heteroatoms. The summed E-state index contributed by atoms with van der Waals surface area (Å²) in [6, 6.07) is 20.9. The molecule has 7 nitrogen and oxygen atoms in total. The van der Waals surface area contributed by atoms with Gasteiger partial charge in [-0.25, -0.2) is 9.78 Å². The Hall–Kier alpha value is -3.45. The summed E-state index contributed by atoms with van der Waals surface area (Å²) in [6.45, 7) is 1.76. The van der Waals surface area contributed by atoms with Crippen molar-refractivity contribution in [3.05, 3.63) is 83.6 Å².